The van der Waals surface area contributed by atoms with Crippen molar-refractivity contribution < 1.29 is 29.1 Å². The molecule has 19 heavy (non-hydrogen) atoms. The van der Waals surface area contributed by atoms with E-state index in [-0.39, 0.29) is 19.7 Å². The van der Waals surface area contributed by atoms with Crippen molar-refractivity contribution in [1.82, 2.24) is 16.0 Å². The maximum atomic E-state index is 11.2. The van der Waals surface area contributed by atoms with Crippen LogP contribution in [0.25, 0.3) is 0 Å². The van der Waals surface area contributed by atoms with Gasteiger partial charge in [-0.1, -0.05) is 0 Å². The number of amides is 3. The number of hydrogen-bond acceptors (Lipinski definition) is 6. The van der Waals surface area contributed by atoms with E-state index in [0.717, 1.165) is 0 Å². The normalized spacial score (nSPS) is 9.05. The smallest absolute Gasteiger partial charge is 0.322 e. The van der Waals surface area contributed by atoms with Gasteiger partial charge in [-0.05, 0) is 0 Å². The zero-order chi connectivity index (χ0) is 14.7. The Balaban J connectivity index is 3.69. The number of carboxylic acids is 1. The molecule has 0 aromatic heterocycles. The average molecular weight is 274 g/mol. The third-order valence-corrected chi connectivity index (χ3v) is 1.62. The molecule has 0 aromatic rings. The van der Waals surface area contributed by atoms with E-state index in [1.54, 1.807) is 0 Å². The quantitative estimate of drug-likeness (QED) is 0.261. The number of oxime groups is 1. The third kappa shape index (κ3) is 10.2. The molecule has 10 heteroatoms. The average Bonchev–Trinajstić information content (AvgIpc) is 2.37. The Morgan fingerprint density at radius 1 is 0.947 bits per heavy atom. The van der Waals surface area contributed by atoms with Crippen molar-refractivity contribution in [2.24, 2.45) is 5.16 Å². The van der Waals surface area contributed by atoms with Crippen LogP contribution in [0, 0.1) is 0 Å². The summed E-state index contributed by atoms with van der Waals surface area (Å²) < 4.78 is 0. The van der Waals surface area contributed by atoms with Crippen LogP contribution in [0.4, 0.5) is 0 Å². The molecule has 0 heterocycles. The monoisotopic (exact) mass is 274 g/mol. The summed E-state index contributed by atoms with van der Waals surface area (Å²) in [6, 6.07) is 0. The van der Waals surface area contributed by atoms with Crippen LogP contribution in [-0.2, 0) is 24.0 Å². The van der Waals surface area contributed by atoms with Crippen LogP contribution in [0.5, 0.6) is 0 Å². The van der Waals surface area contributed by atoms with Gasteiger partial charge in [0.25, 0.3) is 5.91 Å². The first-order valence-electron chi connectivity index (χ1n) is 5.05. The van der Waals surface area contributed by atoms with Gasteiger partial charge >= 0.3 is 5.97 Å². The van der Waals surface area contributed by atoms with Crippen LogP contribution in [0.1, 0.15) is 0 Å². The van der Waals surface area contributed by atoms with Crippen LogP contribution in [0.3, 0.4) is 0 Å². The number of nitrogens with zero attached hydrogens (tertiary/aromatic N) is 1. The standard InChI is InChI=1S/C9H14N4O6/c1-10-19-5-8(16)12-3-6(14)11-2-7(15)13-4-9(17)18/h1-5H2,(H,11,14)(H,12,16)(H,13,15)(H,17,18). The zero-order valence-corrected chi connectivity index (χ0v) is 9.97. The maximum Gasteiger partial charge on any atom is 0.322 e. The van der Waals surface area contributed by atoms with Crippen LogP contribution in [0.2, 0.25) is 0 Å². The van der Waals surface area contributed by atoms with E-state index in [2.05, 4.69) is 32.7 Å². The van der Waals surface area contributed by atoms with Gasteiger partial charge in [-0.15, -0.1) is 5.16 Å². The highest BCUT2D eigenvalue weighted by atomic mass is 16.6. The molecule has 0 aromatic carbocycles. The second-order valence-electron chi connectivity index (χ2n) is 3.13. The topological polar surface area (TPSA) is 146 Å². The van der Waals surface area contributed by atoms with Crippen LogP contribution in [0.15, 0.2) is 5.16 Å². The third-order valence-electron chi connectivity index (χ3n) is 1.62. The fourth-order valence-corrected chi connectivity index (χ4v) is 0.812. The van der Waals surface area contributed by atoms with E-state index >= 15 is 0 Å². The van der Waals surface area contributed by atoms with E-state index < -0.39 is 30.2 Å². The summed E-state index contributed by atoms with van der Waals surface area (Å²) >= 11 is 0. The molecule has 0 aliphatic heterocycles. The Kier molecular flexibility index (Phi) is 8.08. The molecule has 0 radical (unpaired) electrons. The largest absolute Gasteiger partial charge is 0.480 e. The summed E-state index contributed by atoms with van der Waals surface area (Å²) in [6.07, 6.45) is 0. The predicted molar refractivity (Wildman–Crippen MR) is 62.2 cm³/mol. The number of nitrogens with one attached hydrogen (secondary N) is 3. The van der Waals surface area contributed by atoms with Crippen molar-refractivity contribution in [2.45, 2.75) is 0 Å². The van der Waals surface area contributed by atoms with E-state index in [0.29, 0.717) is 0 Å². The van der Waals surface area contributed by atoms with Gasteiger partial charge in [-0.3, -0.25) is 19.2 Å². The highest BCUT2D eigenvalue weighted by Gasteiger charge is 2.08. The summed E-state index contributed by atoms with van der Waals surface area (Å²) in [4.78, 5) is 47.6. The number of carbonyl (C=O) groups is 4. The first kappa shape index (κ1) is 16.4. The molecule has 0 spiro atoms. The van der Waals surface area contributed by atoms with Gasteiger partial charge in [0.2, 0.25) is 11.8 Å². The molecule has 0 saturated heterocycles. The first-order valence-corrected chi connectivity index (χ1v) is 5.05. The molecule has 0 bridgehead atoms. The van der Waals surface area contributed by atoms with Crippen LogP contribution in [-0.4, -0.2) is 61.8 Å². The maximum absolute atomic E-state index is 11.2. The van der Waals surface area contributed by atoms with Crippen molar-refractivity contribution in [3.8, 4) is 0 Å². The molecule has 10 nitrogen and oxygen atoms in total. The highest BCUT2D eigenvalue weighted by molar-refractivity contribution is 5.89. The molecule has 3 amide bonds. The fourth-order valence-electron chi connectivity index (χ4n) is 0.812. The Labute approximate surface area is 108 Å². The lowest BCUT2D eigenvalue weighted by atomic mass is 10.5. The summed E-state index contributed by atoms with van der Waals surface area (Å²) in [5, 5.41) is 17.7. The van der Waals surface area contributed by atoms with Crippen molar-refractivity contribution in [3.05, 3.63) is 0 Å². The second kappa shape index (κ2) is 9.39. The SMILES string of the molecule is C=NOCC(=O)NCC(=O)NCC(=O)NCC(=O)O. The minimum Gasteiger partial charge on any atom is -0.480 e. The lowest BCUT2D eigenvalue weighted by molar-refractivity contribution is -0.137. The molecule has 0 aliphatic rings. The molecule has 4 N–H and O–H groups in total. The van der Waals surface area contributed by atoms with Crippen LogP contribution >= 0.6 is 0 Å². The summed E-state index contributed by atoms with van der Waals surface area (Å²) in [5.41, 5.74) is 0. The molecular formula is C9H14N4O6. The molecule has 0 aliphatic carbocycles. The number of aliphatic carboxylic acids is 1. The lowest BCUT2D eigenvalue weighted by Gasteiger charge is -2.06. The Bertz CT molecular complexity index is 370. The molecule has 0 rings (SSSR count). The van der Waals surface area contributed by atoms with E-state index in [9.17, 15) is 19.2 Å². The summed E-state index contributed by atoms with van der Waals surface area (Å²) in [6.45, 7) is 1.37. The molecular weight excluding hydrogens is 260 g/mol. The number of hydrogen-bond donors (Lipinski definition) is 4. The summed E-state index contributed by atoms with van der Waals surface area (Å²) in [7, 11) is 0. The predicted octanol–water partition coefficient (Wildman–Crippen LogP) is -2.95. The van der Waals surface area contributed by atoms with Gasteiger partial charge in [-0.2, -0.15) is 0 Å². The van der Waals surface area contributed by atoms with E-state index in [4.69, 9.17) is 5.11 Å². The zero-order valence-electron chi connectivity index (χ0n) is 9.97. The number of rotatable bonds is 9. The second-order valence-corrected chi connectivity index (χ2v) is 3.13. The van der Waals surface area contributed by atoms with Gasteiger partial charge in [0.1, 0.15) is 6.54 Å². The lowest BCUT2D eigenvalue weighted by Crippen LogP contribution is -2.43. The number of carbonyl (C=O) groups excluding carboxylic acids is 3. The Hall–Kier alpha value is -2.65. The molecule has 0 saturated carbocycles. The van der Waals surface area contributed by atoms with E-state index in [1.807, 2.05) is 0 Å². The molecule has 106 valence electrons. The van der Waals surface area contributed by atoms with Gasteiger partial charge < -0.3 is 25.9 Å². The Morgan fingerprint density at radius 2 is 1.42 bits per heavy atom. The van der Waals surface area contributed by atoms with Gasteiger partial charge in [0.15, 0.2) is 6.61 Å². The van der Waals surface area contributed by atoms with Gasteiger partial charge in [-0.25, -0.2) is 0 Å². The molecule has 0 atom stereocenters. The fraction of sp³-hybridized carbons (Fsp3) is 0.444. The molecule has 0 unspecified atom stereocenters. The summed E-state index contributed by atoms with van der Waals surface area (Å²) in [5.74, 6) is -3.02. The van der Waals surface area contributed by atoms with Gasteiger partial charge in [0.05, 0.1) is 13.1 Å². The molecule has 0 fully saturated rings. The Morgan fingerprint density at radius 3 is 1.89 bits per heavy atom. The number of carboxylic acid groups (broad SMARTS) is 1. The van der Waals surface area contributed by atoms with Crippen molar-refractivity contribution in [1.29, 1.82) is 0 Å². The van der Waals surface area contributed by atoms with Crippen molar-refractivity contribution in [3.63, 3.8) is 0 Å². The highest BCUT2D eigenvalue weighted by Crippen LogP contribution is 1.74. The van der Waals surface area contributed by atoms with Crippen molar-refractivity contribution >= 4 is 30.4 Å². The van der Waals surface area contributed by atoms with Crippen molar-refractivity contribution in [2.75, 3.05) is 26.2 Å². The van der Waals surface area contributed by atoms with Gasteiger partial charge in [0, 0.05) is 6.72 Å². The van der Waals surface area contributed by atoms with E-state index in [1.165, 1.54) is 0 Å². The minimum absolute atomic E-state index is 0.342. The van der Waals surface area contributed by atoms with Crippen LogP contribution < -0.4 is 16.0 Å². The minimum atomic E-state index is -1.19. The first-order chi connectivity index (χ1) is 8.95.